The van der Waals surface area contributed by atoms with Crippen LogP contribution in [0.1, 0.15) is 11.6 Å². The number of para-hydroxylation sites is 1. The molecule has 0 aliphatic rings. The van der Waals surface area contributed by atoms with E-state index < -0.39 is 17.7 Å². The van der Waals surface area contributed by atoms with Crippen LogP contribution >= 0.6 is 15.9 Å². The zero-order valence-corrected chi connectivity index (χ0v) is 11.3. The summed E-state index contributed by atoms with van der Waals surface area (Å²) in [6.07, 6.45) is 0. The fraction of sp³-hybridized carbons (Fsp3) is 0.0714. The predicted molar refractivity (Wildman–Crippen MR) is 72.5 cm³/mol. The summed E-state index contributed by atoms with van der Waals surface area (Å²) in [5, 5.41) is 11.9. The highest BCUT2D eigenvalue weighted by Gasteiger charge is 2.16. The zero-order valence-electron chi connectivity index (χ0n) is 9.70. The fourth-order valence-electron chi connectivity index (χ4n) is 1.65. The number of anilines is 1. The van der Waals surface area contributed by atoms with Crippen molar-refractivity contribution in [3.05, 3.63) is 64.1 Å². The quantitative estimate of drug-likeness (QED) is 0.908. The van der Waals surface area contributed by atoms with Gasteiger partial charge in [0.25, 0.3) is 0 Å². The van der Waals surface area contributed by atoms with E-state index in [-0.39, 0.29) is 5.69 Å². The van der Waals surface area contributed by atoms with Gasteiger partial charge in [0.2, 0.25) is 0 Å². The Bertz CT molecular complexity index is 638. The molecule has 1 atom stereocenters. The van der Waals surface area contributed by atoms with Crippen LogP contribution in [0.15, 0.2) is 46.9 Å². The van der Waals surface area contributed by atoms with Gasteiger partial charge in [0, 0.05) is 10.0 Å². The summed E-state index contributed by atoms with van der Waals surface area (Å²) in [6, 6.07) is 11.2. The number of rotatable bonds is 3. The average molecular weight is 323 g/mol. The van der Waals surface area contributed by atoms with Crippen LogP contribution in [-0.2, 0) is 0 Å². The van der Waals surface area contributed by atoms with Crippen LogP contribution in [0, 0.1) is 23.0 Å². The normalized spacial score (nSPS) is 11.7. The summed E-state index contributed by atoms with van der Waals surface area (Å²) in [5.74, 6) is -0.913. The van der Waals surface area contributed by atoms with Crippen molar-refractivity contribution in [2.75, 3.05) is 5.32 Å². The lowest BCUT2D eigenvalue weighted by atomic mass is 10.1. The van der Waals surface area contributed by atoms with Gasteiger partial charge in [-0.15, -0.1) is 0 Å². The maximum absolute atomic E-state index is 13.5. The van der Waals surface area contributed by atoms with Gasteiger partial charge in [-0.1, -0.05) is 28.1 Å². The highest BCUT2D eigenvalue weighted by Crippen LogP contribution is 2.27. The first kappa shape index (κ1) is 13.5. The maximum Gasteiger partial charge on any atom is 0.146 e. The predicted octanol–water partition coefficient (Wildman–Crippen LogP) is 4.40. The van der Waals surface area contributed by atoms with E-state index >= 15 is 0 Å². The van der Waals surface area contributed by atoms with Crippen molar-refractivity contribution in [1.29, 1.82) is 5.26 Å². The second kappa shape index (κ2) is 5.81. The molecule has 2 rings (SSSR count). The molecule has 0 saturated carbocycles. The first-order chi connectivity index (χ1) is 9.11. The molecule has 0 radical (unpaired) electrons. The van der Waals surface area contributed by atoms with E-state index in [2.05, 4.69) is 21.2 Å². The van der Waals surface area contributed by atoms with Crippen LogP contribution < -0.4 is 5.32 Å². The molecule has 1 N–H and O–H groups in total. The molecule has 1 unspecified atom stereocenters. The van der Waals surface area contributed by atoms with Gasteiger partial charge in [-0.2, -0.15) is 5.26 Å². The molecule has 2 aromatic carbocycles. The fourth-order valence-corrected chi connectivity index (χ4v) is 2.12. The summed E-state index contributed by atoms with van der Waals surface area (Å²) < 4.78 is 27.3. The third-order valence-electron chi connectivity index (χ3n) is 2.57. The van der Waals surface area contributed by atoms with Crippen molar-refractivity contribution in [1.82, 2.24) is 0 Å². The average Bonchev–Trinajstić information content (AvgIpc) is 2.41. The van der Waals surface area contributed by atoms with Crippen LogP contribution in [0.3, 0.4) is 0 Å². The SMILES string of the molecule is N#CC(Nc1ccccc1F)c1cc(F)ccc1Br. The molecule has 2 aromatic rings. The molecule has 0 aliphatic carbocycles. The molecule has 0 amide bonds. The Morgan fingerprint density at radius 2 is 1.89 bits per heavy atom. The van der Waals surface area contributed by atoms with E-state index in [1.54, 1.807) is 12.1 Å². The number of nitrogens with one attached hydrogen (secondary N) is 1. The molecule has 5 heteroatoms. The Morgan fingerprint density at radius 1 is 1.16 bits per heavy atom. The minimum atomic E-state index is -0.845. The zero-order chi connectivity index (χ0) is 13.8. The summed E-state index contributed by atoms with van der Waals surface area (Å²) in [7, 11) is 0. The molecule has 19 heavy (non-hydrogen) atoms. The summed E-state index contributed by atoms with van der Waals surface area (Å²) in [6.45, 7) is 0. The third-order valence-corrected chi connectivity index (χ3v) is 3.29. The molecule has 0 aromatic heterocycles. The van der Waals surface area contributed by atoms with Crippen LogP contribution in [0.5, 0.6) is 0 Å². The summed E-state index contributed by atoms with van der Waals surface area (Å²) >= 11 is 3.25. The monoisotopic (exact) mass is 322 g/mol. The Kier molecular flexibility index (Phi) is 4.13. The smallest absolute Gasteiger partial charge is 0.146 e. The van der Waals surface area contributed by atoms with E-state index in [0.717, 1.165) is 0 Å². The number of hydrogen-bond donors (Lipinski definition) is 1. The Hall–Kier alpha value is -1.93. The van der Waals surface area contributed by atoms with Gasteiger partial charge in [0.05, 0.1) is 11.8 Å². The Morgan fingerprint density at radius 3 is 2.58 bits per heavy atom. The van der Waals surface area contributed by atoms with Crippen LogP contribution in [0.2, 0.25) is 0 Å². The molecule has 0 fully saturated rings. The van der Waals surface area contributed by atoms with Crippen molar-refractivity contribution in [2.24, 2.45) is 0 Å². The molecular formula is C14H9BrF2N2. The minimum absolute atomic E-state index is 0.199. The van der Waals surface area contributed by atoms with Gasteiger partial charge < -0.3 is 5.32 Å². The molecule has 0 spiro atoms. The third kappa shape index (κ3) is 3.09. The first-order valence-corrected chi connectivity index (χ1v) is 6.26. The second-order valence-corrected chi connectivity index (χ2v) is 4.71. The van der Waals surface area contributed by atoms with Crippen LogP contribution in [0.4, 0.5) is 14.5 Å². The summed E-state index contributed by atoms with van der Waals surface area (Å²) in [4.78, 5) is 0. The van der Waals surface area contributed by atoms with E-state index in [4.69, 9.17) is 5.26 Å². The lowest BCUT2D eigenvalue weighted by molar-refractivity contribution is 0.623. The molecule has 0 aliphatic heterocycles. The molecule has 0 bridgehead atoms. The van der Waals surface area contributed by atoms with Crippen LogP contribution in [-0.4, -0.2) is 0 Å². The maximum atomic E-state index is 13.5. The lowest BCUT2D eigenvalue weighted by Crippen LogP contribution is -2.10. The topological polar surface area (TPSA) is 35.8 Å². The van der Waals surface area contributed by atoms with Gasteiger partial charge in [0.15, 0.2) is 0 Å². The van der Waals surface area contributed by atoms with E-state index in [9.17, 15) is 8.78 Å². The number of halogens is 3. The van der Waals surface area contributed by atoms with Gasteiger partial charge in [-0.25, -0.2) is 8.78 Å². The van der Waals surface area contributed by atoms with Crippen LogP contribution in [0.25, 0.3) is 0 Å². The molecule has 96 valence electrons. The number of hydrogen-bond acceptors (Lipinski definition) is 2. The van der Waals surface area contributed by atoms with E-state index in [1.807, 2.05) is 6.07 Å². The largest absolute Gasteiger partial charge is 0.364 e. The van der Waals surface area contributed by atoms with Gasteiger partial charge in [-0.3, -0.25) is 0 Å². The van der Waals surface area contributed by atoms with Crippen molar-refractivity contribution >= 4 is 21.6 Å². The Balaban J connectivity index is 2.34. The number of benzene rings is 2. The van der Waals surface area contributed by atoms with Crippen molar-refractivity contribution in [2.45, 2.75) is 6.04 Å². The molecule has 0 saturated heterocycles. The molecule has 0 heterocycles. The van der Waals surface area contributed by atoms with Crippen molar-refractivity contribution in [3.63, 3.8) is 0 Å². The van der Waals surface area contributed by atoms with Crippen molar-refractivity contribution in [3.8, 4) is 6.07 Å². The molecule has 2 nitrogen and oxygen atoms in total. The Labute approximate surface area is 117 Å². The second-order valence-electron chi connectivity index (χ2n) is 3.85. The minimum Gasteiger partial charge on any atom is -0.364 e. The van der Waals surface area contributed by atoms with E-state index in [1.165, 1.54) is 30.3 Å². The van der Waals surface area contributed by atoms with E-state index in [0.29, 0.717) is 10.0 Å². The lowest BCUT2D eigenvalue weighted by Gasteiger charge is -2.15. The van der Waals surface area contributed by atoms with Crippen molar-refractivity contribution < 1.29 is 8.78 Å². The highest BCUT2D eigenvalue weighted by atomic mass is 79.9. The summed E-state index contributed by atoms with van der Waals surface area (Å²) in [5.41, 5.74) is 0.621. The van der Waals surface area contributed by atoms with Gasteiger partial charge >= 0.3 is 0 Å². The standard InChI is InChI=1S/C14H9BrF2N2/c15-11-6-5-9(16)7-10(11)14(8-18)19-13-4-2-1-3-12(13)17/h1-7,14,19H. The van der Waals surface area contributed by atoms with Gasteiger partial charge in [-0.05, 0) is 30.3 Å². The highest BCUT2D eigenvalue weighted by molar-refractivity contribution is 9.10. The number of nitrogens with zero attached hydrogens (tertiary/aromatic N) is 1. The molecular weight excluding hydrogens is 314 g/mol. The first-order valence-electron chi connectivity index (χ1n) is 5.47. The number of nitriles is 1. The van der Waals surface area contributed by atoms with Gasteiger partial charge in [0.1, 0.15) is 17.7 Å².